The van der Waals surface area contributed by atoms with Gasteiger partial charge in [-0.05, 0) is 26.8 Å². The van der Waals surface area contributed by atoms with Crippen molar-refractivity contribution in [2.45, 2.75) is 37.7 Å². The number of carbonyl (C=O) groups is 1. The molecule has 1 aromatic carbocycles. The maximum absolute atomic E-state index is 12.4. The second-order valence-corrected chi connectivity index (χ2v) is 7.56. The van der Waals surface area contributed by atoms with E-state index < -0.39 is 5.60 Å². The second kappa shape index (κ2) is 5.30. The molecule has 0 saturated heterocycles. The van der Waals surface area contributed by atoms with Crippen molar-refractivity contribution >= 4 is 32.9 Å². The van der Waals surface area contributed by atoms with Crippen molar-refractivity contribution in [2.24, 2.45) is 7.05 Å². The molecule has 1 atom stereocenters. The van der Waals surface area contributed by atoms with Crippen LogP contribution in [0.2, 0.25) is 0 Å². The fourth-order valence-corrected chi connectivity index (χ4v) is 3.93. The molecule has 1 amide bonds. The van der Waals surface area contributed by atoms with Gasteiger partial charge in [-0.15, -0.1) is 0 Å². The van der Waals surface area contributed by atoms with Gasteiger partial charge in [-0.2, -0.15) is 0 Å². The number of benzene rings is 1. The molecule has 0 radical (unpaired) electrons. The molecule has 0 spiro atoms. The van der Waals surface area contributed by atoms with Crippen LogP contribution < -0.4 is 0 Å². The largest absolute Gasteiger partial charge is 0.444 e. The normalized spacial score (nSPS) is 18.4. The summed E-state index contributed by atoms with van der Waals surface area (Å²) in [6, 6.07) is 8.31. The van der Waals surface area contributed by atoms with E-state index >= 15 is 0 Å². The van der Waals surface area contributed by atoms with Crippen LogP contribution in [0.25, 0.3) is 10.9 Å². The van der Waals surface area contributed by atoms with Crippen molar-refractivity contribution in [1.82, 2.24) is 9.47 Å². The number of amides is 1. The number of hydrogen-bond acceptors (Lipinski definition) is 2. The van der Waals surface area contributed by atoms with Crippen LogP contribution in [0.5, 0.6) is 0 Å². The standard InChI is InChI=1S/C17H21BrN2O2/c1-17(2,3)22-16(21)20-10-9-13-14(15(20)18)11-7-5-6-8-12(11)19(13)4/h5-8,15H,9-10H2,1-4H3. The Labute approximate surface area is 139 Å². The van der Waals surface area contributed by atoms with Gasteiger partial charge in [0.1, 0.15) is 10.6 Å². The smallest absolute Gasteiger partial charge is 0.411 e. The predicted octanol–water partition coefficient (Wildman–Crippen LogP) is 4.37. The maximum atomic E-state index is 12.4. The zero-order valence-corrected chi connectivity index (χ0v) is 15.0. The van der Waals surface area contributed by atoms with Gasteiger partial charge in [0.05, 0.1) is 0 Å². The molecule has 118 valence electrons. The van der Waals surface area contributed by atoms with E-state index in [4.69, 9.17) is 4.74 Å². The lowest BCUT2D eigenvalue weighted by atomic mass is 10.0. The van der Waals surface area contributed by atoms with E-state index in [-0.39, 0.29) is 11.0 Å². The molecular weight excluding hydrogens is 344 g/mol. The number of ether oxygens (including phenoxy) is 1. The molecule has 0 N–H and O–H groups in total. The van der Waals surface area contributed by atoms with Gasteiger partial charge in [-0.25, -0.2) is 4.79 Å². The van der Waals surface area contributed by atoms with Crippen molar-refractivity contribution in [2.75, 3.05) is 6.54 Å². The third-order valence-electron chi connectivity index (χ3n) is 4.00. The summed E-state index contributed by atoms with van der Waals surface area (Å²) in [4.78, 5) is 14.1. The van der Waals surface area contributed by atoms with Crippen molar-refractivity contribution in [3.63, 3.8) is 0 Å². The summed E-state index contributed by atoms with van der Waals surface area (Å²) in [5, 5.41) is 1.19. The second-order valence-electron chi connectivity index (χ2n) is 6.70. The number of rotatable bonds is 0. The fourth-order valence-electron chi connectivity index (χ4n) is 3.04. The number of fused-ring (bicyclic) bond motifs is 3. The molecular formula is C17H21BrN2O2. The number of aryl methyl sites for hydroxylation is 1. The average molecular weight is 365 g/mol. The Balaban J connectivity index is 2.01. The first-order valence-corrected chi connectivity index (χ1v) is 8.41. The van der Waals surface area contributed by atoms with E-state index in [0.29, 0.717) is 6.54 Å². The van der Waals surface area contributed by atoms with Gasteiger partial charge >= 0.3 is 6.09 Å². The molecule has 0 fully saturated rings. The van der Waals surface area contributed by atoms with Gasteiger partial charge in [0.25, 0.3) is 0 Å². The lowest BCUT2D eigenvalue weighted by molar-refractivity contribution is 0.0221. The minimum absolute atomic E-state index is 0.155. The third-order valence-corrected chi connectivity index (χ3v) is 4.95. The Morgan fingerprint density at radius 1 is 1.32 bits per heavy atom. The topological polar surface area (TPSA) is 34.5 Å². The van der Waals surface area contributed by atoms with Crippen molar-refractivity contribution in [3.05, 3.63) is 35.5 Å². The third kappa shape index (κ3) is 2.51. The number of carbonyl (C=O) groups excluding carboxylic acids is 1. The first-order valence-electron chi connectivity index (χ1n) is 7.49. The number of nitrogens with zero attached hydrogens (tertiary/aromatic N) is 2. The molecule has 0 aliphatic carbocycles. The minimum Gasteiger partial charge on any atom is -0.444 e. The Morgan fingerprint density at radius 3 is 2.68 bits per heavy atom. The number of alkyl halides is 1. The summed E-state index contributed by atoms with van der Waals surface area (Å²) in [7, 11) is 2.09. The summed E-state index contributed by atoms with van der Waals surface area (Å²) >= 11 is 3.71. The predicted molar refractivity (Wildman–Crippen MR) is 91.2 cm³/mol. The van der Waals surface area contributed by atoms with Crippen LogP contribution in [0.15, 0.2) is 24.3 Å². The highest BCUT2D eigenvalue weighted by molar-refractivity contribution is 9.09. The van der Waals surface area contributed by atoms with Crippen LogP contribution >= 0.6 is 15.9 Å². The van der Waals surface area contributed by atoms with Crippen molar-refractivity contribution < 1.29 is 9.53 Å². The Kier molecular flexibility index (Phi) is 3.71. The van der Waals surface area contributed by atoms with Gasteiger partial charge in [-0.1, -0.05) is 34.1 Å². The van der Waals surface area contributed by atoms with Gasteiger partial charge < -0.3 is 9.30 Å². The Hall–Kier alpha value is -1.49. The lowest BCUT2D eigenvalue weighted by Crippen LogP contribution is -2.41. The van der Waals surface area contributed by atoms with E-state index in [1.54, 1.807) is 4.90 Å². The van der Waals surface area contributed by atoms with E-state index in [1.165, 1.54) is 22.2 Å². The summed E-state index contributed by atoms with van der Waals surface area (Å²) in [5.74, 6) is 0. The molecule has 1 aliphatic heterocycles. The minimum atomic E-state index is -0.483. The van der Waals surface area contributed by atoms with Crippen LogP contribution in [0.4, 0.5) is 4.79 Å². The highest BCUT2D eigenvalue weighted by atomic mass is 79.9. The first kappa shape index (κ1) is 15.4. The van der Waals surface area contributed by atoms with E-state index in [9.17, 15) is 4.79 Å². The molecule has 2 aromatic rings. The lowest BCUT2D eigenvalue weighted by Gasteiger charge is -2.34. The zero-order chi connectivity index (χ0) is 16.1. The fraction of sp³-hybridized carbons (Fsp3) is 0.471. The van der Waals surface area contributed by atoms with Crippen molar-refractivity contribution in [1.29, 1.82) is 0 Å². The van der Waals surface area contributed by atoms with Gasteiger partial charge in [0.2, 0.25) is 0 Å². The van der Waals surface area contributed by atoms with E-state index in [1.807, 2.05) is 32.9 Å². The van der Waals surface area contributed by atoms with Gasteiger partial charge in [0.15, 0.2) is 0 Å². The molecule has 0 bridgehead atoms. The van der Waals surface area contributed by atoms with Crippen LogP contribution in [0.3, 0.4) is 0 Å². The highest BCUT2D eigenvalue weighted by Gasteiger charge is 2.35. The van der Waals surface area contributed by atoms with E-state index in [0.717, 1.165) is 6.42 Å². The molecule has 1 aromatic heterocycles. The Morgan fingerprint density at radius 2 is 2.00 bits per heavy atom. The molecule has 5 heteroatoms. The van der Waals surface area contributed by atoms with Gasteiger partial charge in [0, 0.05) is 42.2 Å². The van der Waals surface area contributed by atoms with Crippen LogP contribution in [-0.2, 0) is 18.2 Å². The van der Waals surface area contributed by atoms with Crippen LogP contribution in [-0.4, -0.2) is 27.7 Å². The van der Waals surface area contributed by atoms with Crippen LogP contribution in [0.1, 0.15) is 37.0 Å². The molecule has 22 heavy (non-hydrogen) atoms. The van der Waals surface area contributed by atoms with Crippen LogP contribution in [0, 0.1) is 0 Å². The number of hydrogen-bond donors (Lipinski definition) is 0. The quantitative estimate of drug-likeness (QED) is 0.513. The molecule has 2 heterocycles. The van der Waals surface area contributed by atoms with Crippen molar-refractivity contribution in [3.8, 4) is 0 Å². The molecule has 0 saturated carbocycles. The summed E-state index contributed by atoms with van der Waals surface area (Å²) < 4.78 is 7.76. The van der Waals surface area contributed by atoms with Gasteiger partial charge in [-0.3, -0.25) is 4.90 Å². The molecule has 4 nitrogen and oxygen atoms in total. The SMILES string of the molecule is Cn1c2c(c3ccccc31)C(Br)N(C(=O)OC(C)(C)C)CC2. The summed E-state index contributed by atoms with van der Waals surface area (Å²) in [6.45, 7) is 6.33. The molecule has 3 rings (SSSR count). The summed E-state index contributed by atoms with van der Waals surface area (Å²) in [6.07, 6.45) is 0.565. The zero-order valence-electron chi connectivity index (χ0n) is 13.4. The number of para-hydroxylation sites is 1. The summed E-state index contributed by atoms with van der Waals surface area (Å²) in [5.41, 5.74) is 3.17. The molecule has 1 unspecified atom stereocenters. The highest BCUT2D eigenvalue weighted by Crippen LogP contribution is 2.41. The Bertz CT molecular complexity index is 730. The first-order chi connectivity index (χ1) is 10.3. The van der Waals surface area contributed by atoms with E-state index in [2.05, 4.69) is 39.7 Å². The number of halogens is 1. The maximum Gasteiger partial charge on any atom is 0.411 e. The molecule has 1 aliphatic rings. The number of aromatic nitrogens is 1. The average Bonchev–Trinajstić information content (AvgIpc) is 2.72. The monoisotopic (exact) mass is 364 g/mol.